The van der Waals surface area contributed by atoms with Crippen LogP contribution < -0.4 is 0 Å². The van der Waals surface area contributed by atoms with E-state index in [4.69, 9.17) is 4.98 Å². The third-order valence-electron chi connectivity index (χ3n) is 6.64. The van der Waals surface area contributed by atoms with Crippen molar-refractivity contribution in [1.82, 2.24) is 14.8 Å². The van der Waals surface area contributed by atoms with Crippen molar-refractivity contribution in [1.29, 1.82) is 0 Å². The Morgan fingerprint density at radius 1 is 0.967 bits per heavy atom. The third kappa shape index (κ3) is 4.02. The summed E-state index contributed by atoms with van der Waals surface area (Å²) in [5.41, 5.74) is 1.38. The maximum absolute atomic E-state index is 13.7. The number of hydrogen-bond acceptors (Lipinski definition) is 4. The molecule has 3 heterocycles. The van der Waals surface area contributed by atoms with Crippen molar-refractivity contribution in [3.8, 4) is 10.6 Å². The Bertz CT molecular complexity index is 929. The van der Waals surface area contributed by atoms with E-state index in [0.717, 1.165) is 50.5 Å². The SMILES string of the molecule is O=C(c1sc(-c2ccc(F)c(F)c2)nc1C1CC1)N1CCC(N2CCCCC2)CC1. The largest absolute Gasteiger partial charge is 0.338 e. The molecule has 1 saturated carbocycles. The van der Waals surface area contributed by atoms with E-state index in [1.807, 2.05) is 4.90 Å². The van der Waals surface area contributed by atoms with Crippen LogP contribution in [0, 0.1) is 11.6 Å². The fourth-order valence-corrected chi connectivity index (χ4v) is 5.85. The minimum atomic E-state index is -0.886. The van der Waals surface area contributed by atoms with Gasteiger partial charge in [-0.3, -0.25) is 4.79 Å². The van der Waals surface area contributed by atoms with E-state index < -0.39 is 11.6 Å². The van der Waals surface area contributed by atoms with Crippen LogP contribution in [-0.2, 0) is 0 Å². The van der Waals surface area contributed by atoms with Gasteiger partial charge in [-0.25, -0.2) is 13.8 Å². The first-order chi connectivity index (χ1) is 14.6. The van der Waals surface area contributed by atoms with Gasteiger partial charge in [-0.1, -0.05) is 6.42 Å². The first-order valence-electron chi connectivity index (χ1n) is 11.1. The van der Waals surface area contributed by atoms with Gasteiger partial charge in [-0.15, -0.1) is 11.3 Å². The Labute approximate surface area is 179 Å². The van der Waals surface area contributed by atoms with Crippen LogP contribution in [0.3, 0.4) is 0 Å². The van der Waals surface area contributed by atoms with Gasteiger partial charge in [0.1, 0.15) is 9.88 Å². The fourth-order valence-electron chi connectivity index (χ4n) is 4.73. The third-order valence-corrected chi connectivity index (χ3v) is 7.75. The van der Waals surface area contributed by atoms with Gasteiger partial charge in [0.05, 0.1) is 5.69 Å². The standard InChI is InChI=1S/C23H27F2N3OS/c24-18-7-6-16(14-19(18)25)22-26-20(15-4-5-15)21(30-22)23(29)28-12-8-17(9-13-28)27-10-2-1-3-11-27/h6-7,14-15,17H,1-5,8-13H2. The Hall–Kier alpha value is -1.86. The van der Waals surface area contributed by atoms with Gasteiger partial charge < -0.3 is 9.80 Å². The lowest BCUT2D eigenvalue weighted by Gasteiger charge is -2.40. The quantitative estimate of drug-likeness (QED) is 0.679. The molecule has 4 nitrogen and oxygen atoms in total. The molecule has 0 N–H and O–H groups in total. The Morgan fingerprint density at radius 3 is 2.37 bits per heavy atom. The molecule has 7 heteroatoms. The maximum Gasteiger partial charge on any atom is 0.265 e. The van der Waals surface area contributed by atoms with Crippen LogP contribution >= 0.6 is 11.3 Å². The predicted octanol–water partition coefficient (Wildman–Crippen LogP) is 5.06. The summed E-state index contributed by atoms with van der Waals surface area (Å²) in [6.45, 7) is 3.94. The first kappa shape index (κ1) is 20.1. The van der Waals surface area contributed by atoms with E-state index in [-0.39, 0.29) is 5.91 Å². The molecule has 5 rings (SSSR count). The van der Waals surface area contributed by atoms with Crippen LogP contribution in [0.1, 0.15) is 66.2 Å². The number of carbonyl (C=O) groups is 1. The van der Waals surface area contributed by atoms with Gasteiger partial charge in [0.25, 0.3) is 5.91 Å². The van der Waals surface area contributed by atoms with Crippen LogP contribution in [0.25, 0.3) is 10.6 Å². The van der Waals surface area contributed by atoms with E-state index in [0.29, 0.717) is 27.4 Å². The topological polar surface area (TPSA) is 36.4 Å². The van der Waals surface area contributed by atoms with Crippen molar-refractivity contribution in [2.24, 2.45) is 0 Å². The Morgan fingerprint density at radius 2 is 1.70 bits per heavy atom. The number of aromatic nitrogens is 1. The summed E-state index contributed by atoms with van der Waals surface area (Å²) in [5.74, 6) is -1.38. The van der Waals surface area contributed by atoms with Gasteiger partial charge in [-0.2, -0.15) is 0 Å². The summed E-state index contributed by atoms with van der Waals surface area (Å²) < 4.78 is 27.0. The highest BCUT2D eigenvalue weighted by Crippen LogP contribution is 2.44. The molecule has 0 radical (unpaired) electrons. The van der Waals surface area contributed by atoms with Crippen LogP contribution in [0.2, 0.25) is 0 Å². The molecule has 1 aromatic heterocycles. The minimum absolute atomic E-state index is 0.0559. The molecule has 1 aliphatic carbocycles. The van der Waals surface area contributed by atoms with E-state index in [1.165, 1.54) is 55.8 Å². The zero-order valence-corrected chi connectivity index (χ0v) is 17.9. The van der Waals surface area contributed by atoms with Crippen LogP contribution in [0.5, 0.6) is 0 Å². The number of hydrogen-bond donors (Lipinski definition) is 0. The summed E-state index contributed by atoms with van der Waals surface area (Å²) in [6.07, 6.45) is 8.05. The van der Waals surface area contributed by atoms with E-state index >= 15 is 0 Å². The Balaban J connectivity index is 1.33. The Kier molecular flexibility index (Phi) is 5.58. The molecular weight excluding hydrogens is 404 g/mol. The second-order valence-electron chi connectivity index (χ2n) is 8.76. The number of likely N-dealkylation sites (tertiary alicyclic amines) is 2. The highest BCUT2D eigenvalue weighted by Gasteiger charge is 2.35. The molecule has 0 spiro atoms. The lowest BCUT2D eigenvalue weighted by Crippen LogP contribution is -2.48. The number of amides is 1. The monoisotopic (exact) mass is 431 g/mol. The summed E-state index contributed by atoms with van der Waals surface area (Å²) >= 11 is 1.32. The smallest absolute Gasteiger partial charge is 0.265 e. The predicted molar refractivity (Wildman–Crippen MR) is 114 cm³/mol. The maximum atomic E-state index is 13.7. The normalized spacial score (nSPS) is 21.2. The summed E-state index contributed by atoms with van der Waals surface area (Å²) in [5, 5.41) is 0.599. The second kappa shape index (κ2) is 8.35. The van der Waals surface area contributed by atoms with Gasteiger partial charge in [-0.05, 0) is 69.8 Å². The molecule has 3 aliphatic rings. The molecular formula is C23H27F2N3OS. The van der Waals surface area contributed by atoms with Crippen molar-refractivity contribution in [2.75, 3.05) is 26.2 Å². The molecule has 2 aliphatic heterocycles. The van der Waals surface area contributed by atoms with Gasteiger partial charge in [0, 0.05) is 30.6 Å². The van der Waals surface area contributed by atoms with Crippen LogP contribution in [0.15, 0.2) is 18.2 Å². The lowest BCUT2D eigenvalue weighted by molar-refractivity contribution is 0.0593. The van der Waals surface area contributed by atoms with Crippen LogP contribution in [-0.4, -0.2) is 52.9 Å². The molecule has 2 aromatic rings. The highest BCUT2D eigenvalue weighted by molar-refractivity contribution is 7.17. The summed E-state index contributed by atoms with van der Waals surface area (Å²) in [4.78, 5) is 23.3. The van der Waals surface area contributed by atoms with Crippen molar-refractivity contribution >= 4 is 17.2 Å². The summed E-state index contributed by atoms with van der Waals surface area (Å²) in [7, 11) is 0. The van der Waals surface area contributed by atoms with Crippen molar-refractivity contribution in [3.05, 3.63) is 40.4 Å². The molecule has 160 valence electrons. The molecule has 0 atom stereocenters. The van der Waals surface area contributed by atoms with Gasteiger partial charge in [0.2, 0.25) is 0 Å². The second-order valence-corrected chi connectivity index (χ2v) is 9.76. The molecule has 30 heavy (non-hydrogen) atoms. The van der Waals surface area contributed by atoms with E-state index in [2.05, 4.69) is 4.90 Å². The molecule has 1 aromatic carbocycles. The number of halogens is 2. The zero-order valence-electron chi connectivity index (χ0n) is 17.1. The number of carbonyl (C=O) groups excluding carboxylic acids is 1. The first-order valence-corrected chi connectivity index (χ1v) is 11.9. The average molecular weight is 432 g/mol. The number of benzene rings is 1. The van der Waals surface area contributed by atoms with E-state index in [1.54, 1.807) is 0 Å². The average Bonchev–Trinajstić information content (AvgIpc) is 3.54. The van der Waals surface area contributed by atoms with Gasteiger partial charge in [0.15, 0.2) is 11.6 Å². The molecule has 2 saturated heterocycles. The molecule has 0 bridgehead atoms. The number of piperidine rings is 2. The molecule has 3 fully saturated rings. The zero-order chi connectivity index (χ0) is 20.7. The van der Waals surface area contributed by atoms with Crippen molar-refractivity contribution in [2.45, 2.75) is 56.9 Å². The summed E-state index contributed by atoms with van der Waals surface area (Å²) in [6, 6.07) is 4.42. The fraction of sp³-hybridized carbons (Fsp3) is 0.565. The highest BCUT2D eigenvalue weighted by atomic mass is 32.1. The van der Waals surface area contributed by atoms with Crippen molar-refractivity contribution < 1.29 is 13.6 Å². The van der Waals surface area contributed by atoms with Crippen molar-refractivity contribution in [3.63, 3.8) is 0 Å². The molecule has 0 unspecified atom stereocenters. The van der Waals surface area contributed by atoms with Crippen LogP contribution in [0.4, 0.5) is 8.78 Å². The van der Waals surface area contributed by atoms with Gasteiger partial charge >= 0.3 is 0 Å². The minimum Gasteiger partial charge on any atom is -0.338 e. The number of nitrogens with zero attached hydrogens (tertiary/aromatic N) is 3. The lowest BCUT2D eigenvalue weighted by atomic mass is 9.99. The number of thiazole rings is 1. The van der Waals surface area contributed by atoms with E-state index in [9.17, 15) is 13.6 Å². The number of rotatable bonds is 4. The molecule has 1 amide bonds.